The maximum absolute atomic E-state index is 15.1. The minimum atomic E-state index is -0.533. The van der Waals surface area contributed by atoms with Crippen LogP contribution in [0.25, 0.3) is 28.0 Å². The minimum Gasteiger partial charge on any atom is -0.374 e. The molecular weight excluding hydrogens is 583 g/mol. The van der Waals surface area contributed by atoms with Gasteiger partial charge in [0.2, 0.25) is 0 Å². The molecule has 0 aliphatic rings. The van der Waals surface area contributed by atoms with Crippen LogP contribution in [0.2, 0.25) is 5.02 Å². The van der Waals surface area contributed by atoms with Crippen molar-refractivity contribution in [2.24, 2.45) is 5.73 Å². The van der Waals surface area contributed by atoms with Crippen molar-refractivity contribution >= 4 is 34.3 Å². The van der Waals surface area contributed by atoms with Crippen molar-refractivity contribution in [3.05, 3.63) is 81.1 Å². The molecule has 7 N–H and O–H groups in total. The SMILES string of the molecule is CC(=N)NCC[C@H](CNC(C)=N)OCc1ccc(-n2cc3cc(-c4cc(CCC[C@H](C)N)cc(Cl)c4F)[nH]c3nc2=O)cc1. The summed E-state index contributed by atoms with van der Waals surface area (Å²) in [5.41, 5.74) is 9.02. The van der Waals surface area contributed by atoms with Gasteiger partial charge >= 0.3 is 5.69 Å². The molecule has 0 unspecified atom stereocenters. The first-order valence-corrected chi connectivity index (χ1v) is 15.0. The van der Waals surface area contributed by atoms with Crippen LogP contribution >= 0.6 is 11.6 Å². The third-order valence-electron chi connectivity index (χ3n) is 7.16. The molecule has 2 atom stereocenters. The lowest BCUT2D eigenvalue weighted by Crippen LogP contribution is -2.34. The molecule has 0 aliphatic carbocycles. The Kier molecular flexibility index (Phi) is 11.3. The number of nitrogens with zero attached hydrogens (tertiary/aromatic N) is 2. The fraction of sp³-hybridized carbons (Fsp3) is 0.375. The first-order chi connectivity index (χ1) is 21.0. The van der Waals surface area contributed by atoms with Gasteiger partial charge in [-0.3, -0.25) is 15.4 Å². The molecule has 0 spiro atoms. The van der Waals surface area contributed by atoms with Crippen molar-refractivity contribution in [2.75, 3.05) is 13.1 Å². The van der Waals surface area contributed by atoms with Gasteiger partial charge in [0.05, 0.1) is 40.8 Å². The number of rotatable bonds is 14. The van der Waals surface area contributed by atoms with Gasteiger partial charge in [-0.2, -0.15) is 4.98 Å². The topological polar surface area (TPSA) is 158 Å². The number of nitrogens with one attached hydrogen (secondary N) is 5. The zero-order chi connectivity index (χ0) is 31.8. The Balaban J connectivity index is 1.50. The highest BCUT2D eigenvalue weighted by Gasteiger charge is 2.16. The summed E-state index contributed by atoms with van der Waals surface area (Å²) in [6.07, 6.45) is 4.64. The molecule has 0 aliphatic heterocycles. The number of fused-ring (bicyclic) bond motifs is 1. The van der Waals surface area contributed by atoms with Gasteiger partial charge in [0.1, 0.15) is 5.65 Å². The molecule has 0 bridgehead atoms. The van der Waals surface area contributed by atoms with Gasteiger partial charge in [-0.15, -0.1) is 0 Å². The Hall–Kier alpha value is -4.06. The fourth-order valence-electron chi connectivity index (χ4n) is 4.84. The van der Waals surface area contributed by atoms with Gasteiger partial charge in [-0.25, -0.2) is 9.18 Å². The van der Waals surface area contributed by atoms with E-state index in [-0.39, 0.29) is 17.2 Å². The van der Waals surface area contributed by atoms with E-state index in [1.807, 2.05) is 31.2 Å². The molecule has 0 radical (unpaired) electrons. The lowest BCUT2D eigenvalue weighted by Gasteiger charge is -2.19. The van der Waals surface area contributed by atoms with E-state index in [2.05, 4.69) is 20.6 Å². The molecule has 234 valence electrons. The summed E-state index contributed by atoms with van der Waals surface area (Å²) >= 11 is 6.24. The number of benzene rings is 2. The number of nitrogens with two attached hydrogens (primary N) is 1. The fourth-order valence-corrected chi connectivity index (χ4v) is 5.08. The average Bonchev–Trinajstić information content (AvgIpc) is 3.38. The second-order valence-electron chi connectivity index (χ2n) is 11.1. The molecule has 10 nitrogen and oxygen atoms in total. The average molecular weight is 623 g/mol. The van der Waals surface area contributed by atoms with E-state index in [9.17, 15) is 4.79 Å². The molecule has 0 saturated carbocycles. The summed E-state index contributed by atoms with van der Waals surface area (Å²) in [6, 6.07) is 12.7. The molecule has 0 fully saturated rings. The van der Waals surface area contributed by atoms with E-state index in [0.717, 1.165) is 30.4 Å². The quantitative estimate of drug-likeness (QED) is 0.0828. The number of amidine groups is 2. The van der Waals surface area contributed by atoms with Crippen LogP contribution < -0.4 is 22.1 Å². The first-order valence-electron chi connectivity index (χ1n) is 14.7. The van der Waals surface area contributed by atoms with Gasteiger partial charge in [0.25, 0.3) is 0 Å². The molecule has 4 rings (SSSR count). The number of hydrogen-bond donors (Lipinski definition) is 6. The lowest BCUT2D eigenvalue weighted by atomic mass is 10.0. The zero-order valence-electron chi connectivity index (χ0n) is 25.3. The molecule has 4 aromatic rings. The largest absolute Gasteiger partial charge is 0.374 e. The summed E-state index contributed by atoms with van der Waals surface area (Å²) in [6.45, 7) is 6.75. The maximum Gasteiger partial charge on any atom is 0.354 e. The molecule has 44 heavy (non-hydrogen) atoms. The third-order valence-corrected chi connectivity index (χ3v) is 7.44. The van der Waals surface area contributed by atoms with Crippen LogP contribution in [-0.2, 0) is 17.8 Å². The van der Waals surface area contributed by atoms with E-state index in [0.29, 0.717) is 65.8 Å². The van der Waals surface area contributed by atoms with Gasteiger partial charge < -0.3 is 26.1 Å². The van der Waals surface area contributed by atoms with Crippen LogP contribution in [0.1, 0.15) is 51.2 Å². The zero-order valence-corrected chi connectivity index (χ0v) is 26.0. The maximum atomic E-state index is 15.1. The first kappa shape index (κ1) is 32.8. The van der Waals surface area contributed by atoms with Crippen molar-refractivity contribution in [3.8, 4) is 16.9 Å². The number of hydrogen-bond acceptors (Lipinski definition) is 6. The van der Waals surface area contributed by atoms with Crippen molar-refractivity contribution in [3.63, 3.8) is 0 Å². The second kappa shape index (κ2) is 15.1. The normalized spacial score (nSPS) is 12.7. The van der Waals surface area contributed by atoms with Gasteiger partial charge in [-0.05, 0) is 87.9 Å². The summed E-state index contributed by atoms with van der Waals surface area (Å²) < 4.78 is 22.6. The highest BCUT2D eigenvalue weighted by atomic mass is 35.5. The van der Waals surface area contributed by atoms with Crippen LogP contribution in [0.3, 0.4) is 0 Å². The number of aromatic amines is 1. The van der Waals surface area contributed by atoms with Crippen molar-refractivity contribution in [2.45, 2.75) is 65.2 Å². The molecule has 0 amide bonds. The van der Waals surface area contributed by atoms with E-state index in [1.54, 1.807) is 38.2 Å². The van der Waals surface area contributed by atoms with E-state index < -0.39 is 11.5 Å². The Morgan fingerprint density at radius 2 is 1.84 bits per heavy atom. The van der Waals surface area contributed by atoms with Crippen molar-refractivity contribution in [1.29, 1.82) is 10.8 Å². The van der Waals surface area contributed by atoms with E-state index in [1.165, 1.54) is 4.57 Å². The number of H-pyrrole nitrogens is 1. The number of ether oxygens (including phenoxy) is 1. The third kappa shape index (κ3) is 8.98. The molecular formula is C32H40ClFN8O2. The Bertz CT molecular complexity index is 1670. The molecule has 2 aromatic heterocycles. The molecule has 2 heterocycles. The Morgan fingerprint density at radius 1 is 1.11 bits per heavy atom. The summed E-state index contributed by atoms with van der Waals surface area (Å²) in [5.74, 6) is 0.221. The van der Waals surface area contributed by atoms with E-state index in [4.69, 9.17) is 32.9 Å². The second-order valence-corrected chi connectivity index (χ2v) is 11.5. The van der Waals surface area contributed by atoms with E-state index >= 15 is 4.39 Å². The standard InChI is InChI=1S/C32H40ClFN8O2/c1-19(35)5-4-6-23-13-27(30(34)28(33)14-23)29-15-24-17-42(32(43)41-31(24)40-29)25-9-7-22(8-10-25)18-44-26(16-39-21(3)37)11-12-38-20(2)36/h7-10,13-15,17,19,26H,4-6,11-12,16,18,35H2,1-3H3,(H2,36,38)(H2,37,39)(H,40,41,43)/t19-,26+/m0/s1. The van der Waals surface area contributed by atoms with Crippen LogP contribution in [0.15, 0.2) is 53.5 Å². The molecule has 2 aromatic carbocycles. The lowest BCUT2D eigenvalue weighted by molar-refractivity contribution is 0.0389. The molecule has 0 saturated heterocycles. The summed E-state index contributed by atoms with van der Waals surface area (Å²) in [4.78, 5) is 20.3. The minimum absolute atomic E-state index is 0.0408. The van der Waals surface area contributed by atoms with Crippen LogP contribution in [0, 0.1) is 16.6 Å². The smallest absolute Gasteiger partial charge is 0.354 e. The van der Waals surface area contributed by atoms with Gasteiger partial charge in [0, 0.05) is 36.3 Å². The number of halogens is 2. The highest BCUT2D eigenvalue weighted by Crippen LogP contribution is 2.31. The predicted octanol–water partition coefficient (Wildman–Crippen LogP) is 5.29. The van der Waals surface area contributed by atoms with Crippen LogP contribution in [-0.4, -0.2) is 51.4 Å². The van der Waals surface area contributed by atoms with Gasteiger partial charge in [0.15, 0.2) is 5.82 Å². The Labute approximate surface area is 261 Å². The van der Waals surface area contributed by atoms with Crippen molar-refractivity contribution < 1.29 is 9.13 Å². The van der Waals surface area contributed by atoms with Crippen LogP contribution in [0.4, 0.5) is 4.39 Å². The van der Waals surface area contributed by atoms with Crippen LogP contribution in [0.5, 0.6) is 0 Å². The highest BCUT2D eigenvalue weighted by molar-refractivity contribution is 6.31. The van der Waals surface area contributed by atoms with Gasteiger partial charge in [-0.1, -0.05) is 23.7 Å². The summed E-state index contributed by atoms with van der Waals surface area (Å²) in [7, 11) is 0. The summed E-state index contributed by atoms with van der Waals surface area (Å²) in [5, 5.41) is 21.8. The number of aryl methyl sites for hydroxylation is 1. The monoisotopic (exact) mass is 622 g/mol. The molecule has 12 heteroatoms. The van der Waals surface area contributed by atoms with Crippen molar-refractivity contribution in [1.82, 2.24) is 25.2 Å². The predicted molar refractivity (Wildman–Crippen MR) is 175 cm³/mol. The Morgan fingerprint density at radius 3 is 2.52 bits per heavy atom. The number of aromatic nitrogens is 3.